The second-order valence-electron chi connectivity index (χ2n) is 9.88. The van der Waals surface area contributed by atoms with Gasteiger partial charge in [0.05, 0.1) is 10.7 Å². The zero-order chi connectivity index (χ0) is 25.1. The van der Waals surface area contributed by atoms with Crippen molar-refractivity contribution >= 4 is 29.0 Å². The molecule has 0 aromatic heterocycles. The smallest absolute Gasteiger partial charge is 0.380 e. The first-order valence-electron chi connectivity index (χ1n) is 11.4. The first kappa shape index (κ1) is 26.1. The van der Waals surface area contributed by atoms with Gasteiger partial charge in [-0.25, -0.2) is 0 Å². The Bertz CT molecular complexity index is 1040. The Morgan fingerprint density at radius 3 is 2.26 bits per heavy atom. The van der Waals surface area contributed by atoms with Crippen LogP contribution in [0.3, 0.4) is 0 Å². The quantitative estimate of drug-likeness (QED) is 0.469. The minimum absolute atomic E-state index is 0.0110. The summed E-state index contributed by atoms with van der Waals surface area (Å²) < 4.78 is 38.6. The molecule has 1 aliphatic rings. The summed E-state index contributed by atoms with van der Waals surface area (Å²) in [7, 11) is 0. The minimum atomic E-state index is -4.88. The normalized spacial score (nSPS) is 14.4. The molecule has 3 rings (SSSR count). The van der Waals surface area contributed by atoms with E-state index in [0.29, 0.717) is 35.7 Å². The summed E-state index contributed by atoms with van der Waals surface area (Å²) in [5, 5.41) is 3.79. The summed E-state index contributed by atoms with van der Waals surface area (Å²) in [4.78, 5) is 25.0. The number of ketones is 1. The molecule has 1 aliphatic heterocycles. The summed E-state index contributed by atoms with van der Waals surface area (Å²) in [6, 6.07) is 10.9. The third-order valence-corrected chi connectivity index (χ3v) is 6.33. The number of Topliss-reactive ketones (excluding diaryl/α,β-unsaturated/α-hetero) is 1. The maximum Gasteiger partial charge on any atom is 0.471 e. The van der Waals surface area contributed by atoms with Gasteiger partial charge in [-0.05, 0) is 47.4 Å². The van der Waals surface area contributed by atoms with Crippen molar-refractivity contribution in [1.82, 2.24) is 4.90 Å². The number of nitrogens with one attached hydrogen (secondary N) is 1. The van der Waals surface area contributed by atoms with E-state index in [4.69, 9.17) is 11.6 Å². The molecule has 0 unspecified atom stereocenters. The molecule has 2 aromatic carbocycles. The lowest BCUT2D eigenvalue weighted by Crippen LogP contribution is -2.42. The molecule has 2 aromatic rings. The van der Waals surface area contributed by atoms with Gasteiger partial charge in [-0.3, -0.25) is 9.59 Å². The van der Waals surface area contributed by atoms with Crippen molar-refractivity contribution < 1.29 is 22.8 Å². The number of amides is 1. The molecule has 1 heterocycles. The number of rotatable bonds is 6. The highest BCUT2D eigenvalue weighted by molar-refractivity contribution is 6.33. The number of fused-ring (bicyclic) bond motifs is 1. The van der Waals surface area contributed by atoms with Gasteiger partial charge in [-0.1, -0.05) is 62.7 Å². The fraction of sp³-hybridized carbons (Fsp3) is 0.462. The number of alkyl halides is 3. The Hall–Kier alpha value is -2.54. The fourth-order valence-electron chi connectivity index (χ4n) is 4.00. The predicted octanol–water partition coefficient (Wildman–Crippen LogP) is 6.45. The SMILES string of the molecule is CC(C)(C)CCC(=O)c1ccc(CNc2c(Cl)ccc3c2CCN(C(=O)C(F)(F)F)CC3)cc1. The second-order valence-corrected chi connectivity index (χ2v) is 10.3. The van der Waals surface area contributed by atoms with Crippen LogP contribution in [-0.4, -0.2) is 35.9 Å². The Kier molecular flexibility index (Phi) is 7.96. The van der Waals surface area contributed by atoms with Gasteiger partial charge < -0.3 is 10.2 Å². The number of halogens is 4. The largest absolute Gasteiger partial charge is 0.471 e. The lowest BCUT2D eigenvalue weighted by Gasteiger charge is -2.21. The zero-order valence-corrected chi connectivity index (χ0v) is 20.4. The van der Waals surface area contributed by atoms with E-state index < -0.39 is 12.1 Å². The van der Waals surface area contributed by atoms with Crippen molar-refractivity contribution in [3.63, 3.8) is 0 Å². The molecule has 0 fully saturated rings. The van der Waals surface area contributed by atoms with E-state index in [1.807, 2.05) is 30.3 Å². The number of hydrogen-bond donors (Lipinski definition) is 1. The van der Waals surface area contributed by atoms with Crippen molar-refractivity contribution in [3.05, 3.63) is 63.7 Å². The maximum atomic E-state index is 12.9. The number of hydrogen-bond acceptors (Lipinski definition) is 3. The lowest BCUT2D eigenvalue weighted by molar-refractivity contribution is -0.185. The molecule has 184 valence electrons. The second kappa shape index (κ2) is 10.4. The van der Waals surface area contributed by atoms with Crippen molar-refractivity contribution in [1.29, 1.82) is 0 Å². The summed E-state index contributed by atoms with van der Waals surface area (Å²) >= 11 is 6.42. The fourth-order valence-corrected chi connectivity index (χ4v) is 4.25. The van der Waals surface area contributed by atoms with Crippen LogP contribution in [0.2, 0.25) is 5.02 Å². The lowest BCUT2D eigenvalue weighted by atomic mass is 9.88. The number of nitrogens with zero attached hydrogens (tertiary/aromatic N) is 1. The van der Waals surface area contributed by atoms with Gasteiger partial charge in [0, 0.05) is 31.6 Å². The molecule has 0 saturated heterocycles. The Morgan fingerprint density at radius 2 is 1.65 bits per heavy atom. The van der Waals surface area contributed by atoms with Gasteiger partial charge in [0.1, 0.15) is 0 Å². The van der Waals surface area contributed by atoms with E-state index >= 15 is 0 Å². The van der Waals surface area contributed by atoms with Crippen LogP contribution in [0.4, 0.5) is 18.9 Å². The van der Waals surface area contributed by atoms with Crippen molar-refractivity contribution in [2.75, 3.05) is 18.4 Å². The first-order chi connectivity index (χ1) is 15.8. The highest BCUT2D eigenvalue weighted by Crippen LogP contribution is 2.33. The van der Waals surface area contributed by atoms with Crippen molar-refractivity contribution in [2.24, 2.45) is 5.41 Å². The first-order valence-corrected chi connectivity index (χ1v) is 11.8. The van der Waals surface area contributed by atoms with Gasteiger partial charge in [-0.2, -0.15) is 13.2 Å². The van der Waals surface area contributed by atoms with Crippen molar-refractivity contribution in [2.45, 2.75) is 59.2 Å². The minimum Gasteiger partial charge on any atom is -0.380 e. The van der Waals surface area contributed by atoms with Crippen molar-refractivity contribution in [3.8, 4) is 0 Å². The van der Waals surface area contributed by atoms with Crippen LogP contribution in [0.1, 0.15) is 60.7 Å². The summed E-state index contributed by atoms with van der Waals surface area (Å²) in [5.74, 6) is -1.69. The van der Waals surface area contributed by atoms with Gasteiger partial charge in [0.2, 0.25) is 0 Å². The average Bonchev–Trinajstić information content (AvgIpc) is 2.98. The number of carbonyl (C=O) groups excluding carboxylic acids is 2. The van der Waals surface area contributed by atoms with Crippen LogP contribution in [-0.2, 0) is 24.2 Å². The maximum absolute atomic E-state index is 12.9. The molecule has 8 heteroatoms. The van der Waals surface area contributed by atoms with Crippen LogP contribution < -0.4 is 5.32 Å². The highest BCUT2D eigenvalue weighted by atomic mass is 35.5. The Morgan fingerprint density at radius 1 is 1.00 bits per heavy atom. The average molecular weight is 495 g/mol. The molecule has 4 nitrogen and oxygen atoms in total. The molecule has 0 radical (unpaired) electrons. The van der Waals surface area contributed by atoms with Crippen LogP contribution >= 0.6 is 11.6 Å². The zero-order valence-electron chi connectivity index (χ0n) is 19.7. The van der Waals surface area contributed by atoms with E-state index in [9.17, 15) is 22.8 Å². The molecular formula is C26H30ClF3N2O2. The van der Waals surface area contributed by atoms with Gasteiger partial charge in [0.25, 0.3) is 0 Å². The van der Waals surface area contributed by atoms with E-state index in [0.717, 1.165) is 28.0 Å². The van der Waals surface area contributed by atoms with Gasteiger partial charge in [-0.15, -0.1) is 0 Å². The summed E-state index contributed by atoms with van der Waals surface area (Å²) in [6.07, 6.45) is -2.95. The predicted molar refractivity (Wildman–Crippen MR) is 128 cm³/mol. The monoisotopic (exact) mass is 494 g/mol. The third kappa shape index (κ3) is 6.75. The number of benzene rings is 2. The molecule has 1 N–H and O–H groups in total. The van der Waals surface area contributed by atoms with Gasteiger partial charge >= 0.3 is 12.1 Å². The van der Waals surface area contributed by atoms with E-state index in [1.54, 1.807) is 6.07 Å². The molecule has 1 amide bonds. The standard InChI is InChI=1S/C26H30ClF3N2O2/c1-25(2,3)13-10-22(33)19-6-4-17(5-7-19)16-31-23-20-12-15-32(24(34)26(28,29)30)14-11-18(20)8-9-21(23)27/h4-9,31H,10-16H2,1-3H3. The van der Waals surface area contributed by atoms with E-state index in [2.05, 4.69) is 26.1 Å². The molecule has 0 spiro atoms. The molecule has 34 heavy (non-hydrogen) atoms. The molecule has 0 atom stereocenters. The summed E-state index contributed by atoms with van der Waals surface area (Å²) in [6.45, 7) is 6.75. The molecule has 0 aliphatic carbocycles. The number of carbonyl (C=O) groups is 2. The van der Waals surface area contributed by atoms with Crippen LogP contribution in [0.25, 0.3) is 0 Å². The Balaban J connectivity index is 1.68. The Labute approximate surface area is 203 Å². The topological polar surface area (TPSA) is 49.4 Å². The van der Waals surface area contributed by atoms with Crippen LogP contribution in [0, 0.1) is 5.41 Å². The summed E-state index contributed by atoms with van der Waals surface area (Å²) in [5.41, 5.74) is 4.11. The molecule has 0 saturated carbocycles. The van der Waals surface area contributed by atoms with E-state index in [-0.39, 0.29) is 30.7 Å². The van der Waals surface area contributed by atoms with E-state index in [1.165, 1.54) is 0 Å². The number of anilines is 1. The van der Waals surface area contributed by atoms with Crippen LogP contribution in [0.15, 0.2) is 36.4 Å². The molecular weight excluding hydrogens is 465 g/mol. The van der Waals surface area contributed by atoms with Crippen LogP contribution in [0.5, 0.6) is 0 Å². The third-order valence-electron chi connectivity index (χ3n) is 6.02. The highest BCUT2D eigenvalue weighted by Gasteiger charge is 2.42. The molecule has 0 bridgehead atoms. The van der Waals surface area contributed by atoms with Gasteiger partial charge in [0.15, 0.2) is 5.78 Å².